The maximum absolute atomic E-state index is 9.55. The van der Waals surface area contributed by atoms with Crippen LogP contribution in [0.3, 0.4) is 0 Å². The van der Waals surface area contributed by atoms with Gasteiger partial charge in [-0.15, -0.1) is 0 Å². The molecule has 1 fully saturated rings. The molecule has 1 heterocycles. The first kappa shape index (κ1) is 14.4. The number of hydrogen-bond donors (Lipinski definition) is 1. The second kappa shape index (κ2) is 7.51. The smallest absolute Gasteiger partial charge is 0.0538 e. The van der Waals surface area contributed by atoms with E-state index in [1.165, 1.54) is 5.69 Å². The lowest BCUT2D eigenvalue weighted by Crippen LogP contribution is -2.46. The third-order valence-corrected chi connectivity index (χ3v) is 3.98. The van der Waals surface area contributed by atoms with E-state index >= 15 is 0 Å². The van der Waals surface area contributed by atoms with E-state index in [2.05, 4.69) is 40.1 Å². The van der Waals surface area contributed by atoms with Gasteiger partial charge in [0, 0.05) is 31.9 Å². The van der Waals surface area contributed by atoms with Gasteiger partial charge in [0.05, 0.1) is 6.10 Å². The van der Waals surface area contributed by atoms with Crippen molar-refractivity contribution in [3.05, 3.63) is 30.3 Å². The van der Waals surface area contributed by atoms with Crippen molar-refractivity contribution in [2.75, 3.05) is 37.6 Å². The Hall–Kier alpha value is -1.06. The molecule has 0 saturated carbocycles. The lowest BCUT2D eigenvalue weighted by atomic mass is 10.1. The Balaban J connectivity index is 1.68. The highest BCUT2D eigenvalue weighted by molar-refractivity contribution is 5.46. The average molecular weight is 262 g/mol. The first-order valence-electron chi connectivity index (χ1n) is 7.50. The summed E-state index contributed by atoms with van der Waals surface area (Å²) in [5.74, 6) is 0. The Morgan fingerprint density at radius 3 is 2.42 bits per heavy atom. The topological polar surface area (TPSA) is 26.7 Å². The molecule has 19 heavy (non-hydrogen) atoms. The van der Waals surface area contributed by atoms with Crippen LogP contribution in [0.4, 0.5) is 5.69 Å². The molecule has 1 aliphatic rings. The van der Waals surface area contributed by atoms with Gasteiger partial charge in [-0.05, 0) is 37.9 Å². The van der Waals surface area contributed by atoms with Gasteiger partial charge in [0.25, 0.3) is 0 Å². The zero-order valence-corrected chi connectivity index (χ0v) is 12.0. The summed E-state index contributed by atoms with van der Waals surface area (Å²) in [5, 5.41) is 9.55. The lowest BCUT2D eigenvalue weighted by Gasteiger charge is -2.36. The summed E-state index contributed by atoms with van der Waals surface area (Å²) in [6, 6.07) is 10.7. The summed E-state index contributed by atoms with van der Waals surface area (Å²) in [4.78, 5) is 4.97. The molecule has 1 saturated heterocycles. The number of nitrogens with zero attached hydrogens (tertiary/aromatic N) is 2. The molecule has 3 heteroatoms. The van der Waals surface area contributed by atoms with Crippen LogP contribution in [0.2, 0.25) is 0 Å². The Labute approximate surface area is 116 Å². The SMILES string of the molecule is CCC(O)CCCN1CCN(c2ccccc2)CC1. The first-order chi connectivity index (χ1) is 9.29. The van der Waals surface area contributed by atoms with Crippen molar-refractivity contribution >= 4 is 5.69 Å². The maximum atomic E-state index is 9.55. The minimum atomic E-state index is -0.106. The fourth-order valence-electron chi connectivity index (χ4n) is 2.62. The van der Waals surface area contributed by atoms with E-state index in [-0.39, 0.29) is 6.10 Å². The van der Waals surface area contributed by atoms with Crippen LogP contribution in [0.5, 0.6) is 0 Å². The standard InChI is InChI=1S/C16H26N2O/c1-2-16(19)9-6-10-17-11-13-18(14-12-17)15-7-4-3-5-8-15/h3-5,7-8,16,19H,2,6,9-14H2,1H3. The van der Waals surface area contributed by atoms with Gasteiger partial charge in [-0.3, -0.25) is 4.90 Å². The summed E-state index contributed by atoms with van der Waals surface area (Å²) in [6.45, 7) is 7.66. The Kier molecular flexibility index (Phi) is 5.67. The van der Waals surface area contributed by atoms with Crippen LogP contribution in [-0.4, -0.2) is 48.8 Å². The predicted octanol–water partition coefficient (Wildman–Crippen LogP) is 2.36. The first-order valence-corrected chi connectivity index (χ1v) is 7.50. The van der Waals surface area contributed by atoms with Gasteiger partial charge < -0.3 is 10.0 Å². The van der Waals surface area contributed by atoms with E-state index in [4.69, 9.17) is 0 Å². The zero-order chi connectivity index (χ0) is 13.5. The summed E-state index contributed by atoms with van der Waals surface area (Å²) >= 11 is 0. The van der Waals surface area contributed by atoms with Crippen LogP contribution in [0, 0.1) is 0 Å². The molecule has 106 valence electrons. The van der Waals surface area contributed by atoms with Crippen molar-refractivity contribution in [3.63, 3.8) is 0 Å². The number of anilines is 1. The molecule has 3 nitrogen and oxygen atoms in total. The number of aliphatic hydroxyl groups is 1. The van der Waals surface area contributed by atoms with Crippen molar-refractivity contribution < 1.29 is 5.11 Å². The summed E-state index contributed by atoms with van der Waals surface area (Å²) in [6.07, 6.45) is 2.82. The number of hydrogen-bond acceptors (Lipinski definition) is 3. The summed E-state index contributed by atoms with van der Waals surface area (Å²) < 4.78 is 0. The number of rotatable bonds is 6. The minimum absolute atomic E-state index is 0.106. The third-order valence-electron chi connectivity index (χ3n) is 3.98. The van der Waals surface area contributed by atoms with Crippen molar-refractivity contribution in [3.8, 4) is 0 Å². The largest absolute Gasteiger partial charge is 0.393 e. The van der Waals surface area contributed by atoms with Gasteiger partial charge in [-0.2, -0.15) is 0 Å². The Bertz CT molecular complexity index is 347. The minimum Gasteiger partial charge on any atom is -0.393 e. The Morgan fingerprint density at radius 2 is 1.79 bits per heavy atom. The highest BCUT2D eigenvalue weighted by Crippen LogP contribution is 2.15. The molecule has 0 bridgehead atoms. The Morgan fingerprint density at radius 1 is 1.11 bits per heavy atom. The molecular formula is C16H26N2O. The molecular weight excluding hydrogens is 236 g/mol. The normalized spacial score (nSPS) is 18.5. The molecule has 0 radical (unpaired) electrons. The van der Waals surface area contributed by atoms with Crippen molar-refractivity contribution in [1.29, 1.82) is 0 Å². The van der Waals surface area contributed by atoms with E-state index in [0.29, 0.717) is 0 Å². The molecule has 0 spiro atoms. The molecule has 1 atom stereocenters. The quantitative estimate of drug-likeness (QED) is 0.852. The predicted molar refractivity (Wildman–Crippen MR) is 80.6 cm³/mol. The van der Waals surface area contributed by atoms with Crippen molar-refractivity contribution in [2.45, 2.75) is 32.3 Å². The molecule has 0 aliphatic carbocycles. The molecule has 0 aromatic heterocycles. The molecule has 1 aromatic rings. The molecule has 0 amide bonds. The fraction of sp³-hybridized carbons (Fsp3) is 0.625. The van der Waals surface area contributed by atoms with Gasteiger partial charge in [-0.1, -0.05) is 25.1 Å². The van der Waals surface area contributed by atoms with Crippen LogP contribution < -0.4 is 4.90 Å². The van der Waals surface area contributed by atoms with Crippen LogP contribution in [0.1, 0.15) is 26.2 Å². The molecule has 2 rings (SSSR count). The van der Waals surface area contributed by atoms with Gasteiger partial charge >= 0.3 is 0 Å². The highest BCUT2D eigenvalue weighted by Gasteiger charge is 2.16. The van der Waals surface area contributed by atoms with Gasteiger partial charge in [0.1, 0.15) is 0 Å². The summed E-state index contributed by atoms with van der Waals surface area (Å²) in [5.41, 5.74) is 1.34. The number of aliphatic hydroxyl groups excluding tert-OH is 1. The van der Waals surface area contributed by atoms with Crippen molar-refractivity contribution in [1.82, 2.24) is 4.90 Å². The third kappa shape index (κ3) is 4.51. The fourth-order valence-corrected chi connectivity index (χ4v) is 2.62. The van der Waals surface area contributed by atoms with Crippen LogP contribution >= 0.6 is 0 Å². The average Bonchev–Trinajstić information content (AvgIpc) is 2.48. The number of benzene rings is 1. The van der Waals surface area contributed by atoms with E-state index in [1.54, 1.807) is 0 Å². The van der Waals surface area contributed by atoms with E-state index in [1.807, 2.05) is 6.92 Å². The summed E-state index contributed by atoms with van der Waals surface area (Å²) in [7, 11) is 0. The van der Waals surface area contributed by atoms with Gasteiger partial charge in [-0.25, -0.2) is 0 Å². The highest BCUT2D eigenvalue weighted by atomic mass is 16.3. The second-order valence-electron chi connectivity index (χ2n) is 5.37. The number of piperazine rings is 1. The second-order valence-corrected chi connectivity index (χ2v) is 5.37. The van der Waals surface area contributed by atoms with Crippen molar-refractivity contribution in [2.24, 2.45) is 0 Å². The number of para-hydroxylation sites is 1. The van der Waals surface area contributed by atoms with Gasteiger partial charge in [0.2, 0.25) is 0 Å². The van der Waals surface area contributed by atoms with E-state index < -0.39 is 0 Å². The zero-order valence-electron chi connectivity index (χ0n) is 12.0. The lowest BCUT2D eigenvalue weighted by molar-refractivity contribution is 0.148. The van der Waals surface area contributed by atoms with Crippen LogP contribution in [0.25, 0.3) is 0 Å². The molecule has 1 unspecified atom stereocenters. The molecule has 1 aliphatic heterocycles. The maximum Gasteiger partial charge on any atom is 0.0538 e. The monoisotopic (exact) mass is 262 g/mol. The van der Waals surface area contributed by atoms with Gasteiger partial charge in [0.15, 0.2) is 0 Å². The molecule has 1 aromatic carbocycles. The molecule has 1 N–H and O–H groups in total. The van der Waals surface area contributed by atoms with Crippen LogP contribution in [0.15, 0.2) is 30.3 Å². The van der Waals surface area contributed by atoms with Crippen LogP contribution in [-0.2, 0) is 0 Å². The van der Waals surface area contributed by atoms with E-state index in [0.717, 1.165) is 52.0 Å². The van der Waals surface area contributed by atoms with E-state index in [9.17, 15) is 5.11 Å².